The van der Waals surface area contributed by atoms with E-state index in [2.05, 4.69) is 0 Å². The molecule has 0 spiro atoms. The van der Waals surface area contributed by atoms with Crippen LogP contribution in [0.2, 0.25) is 0 Å². The van der Waals surface area contributed by atoms with E-state index in [0.717, 1.165) is 51.9 Å². The molecule has 2 aliphatic rings. The van der Waals surface area contributed by atoms with E-state index in [0.29, 0.717) is 5.92 Å². The highest BCUT2D eigenvalue weighted by atomic mass is 16.5. The smallest absolute Gasteiger partial charge is 0.0834 e. The SMILES string of the molecule is OC1CCCCCCCCCCC1OCC1CCOCC1. The largest absolute Gasteiger partial charge is 0.390 e. The van der Waals surface area contributed by atoms with E-state index in [4.69, 9.17) is 9.47 Å². The van der Waals surface area contributed by atoms with Crippen molar-refractivity contribution in [1.29, 1.82) is 0 Å². The second-order valence-electron chi connectivity index (χ2n) is 6.90. The number of aliphatic hydroxyl groups is 1. The Bertz CT molecular complexity index is 251. The molecule has 0 bridgehead atoms. The van der Waals surface area contributed by atoms with Gasteiger partial charge in [-0.05, 0) is 31.6 Å². The van der Waals surface area contributed by atoms with Crippen molar-refractivity contribution in [3.8, 4) is 0 Å². The van der Waals surface area contributed by atoms with Gasteiger partial charge in [-0.3, -0.25) is 0 Å². The molecule has 3 nitrogen and oxygen atoms in total. The van der Waals surface area contributed by atoms with E-state index in [-0.39, 0.29) is 12.2 Å². The minimum Gasteiger partial charge on any atom is -0.390 e. The Morgan fingerprint density at radius 1 is 0.762 bits per heavy atom. The van der Waals surface area contributed by atoms with Crippen LogP contribution in [0.1, 0.15) is 77.0 Å². The van der Waals surface area contributed by atoms with Crippen LogP contribution in [-0.2, 0) is 9.47 Å². The van der Waals surface area contributed by atoms with Gasteiger partial charge in [0.25, 0.3) is 0 Å². The van der Waals surface area contributed by atoms with E-state index >= 15 is 0 Å². The fourth-order valence-corrected chi connectivity index (χ4v) is 3.51. The molecule has 21 heavy (non-hydrogen) atoms. The van der Waals surface area contributed by atoms with Crippen LogP contribution in [0.25, 0.3) is 0 Å². The molecule has 0 aromatic heterocycles. The molecule has 0 aromatic rings. The van der Waals surface area contributed by atoms with Crippen LogP contribution < -0.4 is 0 Å². The molecule has 2 fully saturated rings. The van der Waals surface area contributed by atoms with Gasteiger partial charge in [0.15, 0.2) is 0 Å². The lowest BCUT2D eigenvalue weighted by Gasteiger charge is -2.28. The highest BCUT2D eigenvalue weighted by molar-refractivity contribution is 4.72. The van der Waals surface area contributed by atoms with E-state index in [1.165, 1.54) is 44.9 Å². The quantitative estimate of drug-likeness (QED) is 0.853. The Morgan fingerprint density at radius 3 is 2.00 bits per heavy atom. The maximum atomic E-state index is 10.4. The lowest BCUT2D eigenvalue weighted by Crippen LogP contribution is -2.32. The summed E-state index contributed by atoms with van der Waals surface area (Å²) in [6.45, 7) is 2.56. The van der Waals surface area contributed by atoms with Crippen molar-refractivity contribution in [1.82, 2.24) is 0 Å². The summed E-state index contributed by atoms with van der Waals surface area (Å²) >= 11 is 0. The van der Waals surface area contributed by atoms with E-state index in [1.54, 1.807) is 0 Å². The zero-order valence-corrected chi connectivity index (χ0v) is 13.6. The second kappa shape index (κ2) is 10.6. The van der Waals surface area contributed by atoms with Gasteiger partial charge < -0.3 is 14.6 Å². The third-order valence-corrected chi connectivity index (χ3v) is 5.05. The summed E-state index contributed by atoms with van der Waals surface area (Å²) in [4.78, 5) is 0. The van der Waals surface area contributed by atoms with Crippen LogP contribution in [0.15, 0.2) is 0 Å². The van der Waals surface area contributed by atoms with Gasteiger partial charge in [0.05, 0.1) is 18.8 Å². The lowest BCUT2D eigenvalue weighted by atomic mass is 9.97. The van der Waals surface area contributed by atoms with Crippen LogP contribution in [0.5, 0.6) is 0 Å². The summed E-state index contributed by atoms with van der Waals surface area (Å²) in [6.07, 6.45) is 14.3. The molecule has 1 saturated heterocycles. The monoisotopic (exact) mass is 298 g/mol. The number of aliphatic hydroxyl groups excluding tert-OH is 1. The molecule has 1 aliphatic heterocycles. The number of hydrogen-bond acceptors (Lipinski definition) is 3. The van der Waals surface area contributed by atoms with E-state index < -0.39 is 0 Å². The van der Waals surface area contributed by atoms with Crippen molar-refractivity contribution >= 4 is 0 Å². The Kier molecular flexibility index (Phi) is 8.68. The van der Waals surface area contributed by atoms with Crippen molar-refractivity contribution in [2.75, 3.05) is 19.8 Å². The molecule has 3 heteroatoms. The fourth-order valence-electron chi connectivity index (χ4n) is 3.51. The van der Waals surface area contributed by atoms with Crippen molar-refractivity contribution < 1.29 is 14.6 Å². The summed E-state index contributed by atoms with van der Waals surface area (Å²) < 4.78 is 11.5. The van der Waals surface area contributed by atoms with Gasteiger partial charge in [0, 0.05) is 13.2 Å². The zero-order valence-electron chi connectivity index (χ0n) is 13.6. The molecule has 2 rings (SSSR count). The molecule has 0 aromatic carbocycles. The standard InChI is InChI=1S/C18H34O3/c19-17-9-7-5-3-1-2-4-6-8-10-18(17)21-15-16-11-13-20-14-12-16/h16-19H,1-15H2. The molecule has 0 amide bonds. The summed E-state index contributed by atoms with van der Waals surface area (Å²) in [5.41, 5.74) is 0. The maximum absolute atomic E-state index is 10.4. The van der Waals surface area contributed by atoms with Gasteiger partial charge in [-0.25, -0.2) is 0 Å². The minimum absolute atomic E-state index is 0.0623. The van der Waals surface area contributed by atoms with Crippen molar-refractivity contribution in [2.45, 2.75) is 89.3 Å². The minimum atomic E-state index is -0.260. The molecular formula is C18H34O3. The first kappa shape index (κ1) is 17.2. The molecule has 1 heterocycles. The van der Waals surface area contributed by atoms with Gasteiger partial charge in [-0.15, -0.1) is 0 Å². The predicted octanol–water partition coefficient (Wildman–Crippen LogP) is 4.07. The van der Waals surface area contributed by atoms with Crippen LogP contribution in [0.3, 0.4) is 0 Å². The predicted molar refractivity (Wildman–Crippen MR) is 85.5 cm³/mol. The molecule has 124 valence electrons. The zero-order chi connectivity index (χ0) is 14.8. The van der Waals surface area contributed by atoms with Crippen molar-refractivity contribution in [3.63, 3.8) is 0 Å². The van der Waals surface area contributed by atoms with Gasteiger partial charge >= 0.3 is 0 Å². The van der Waals surface area contributed by atoms with Gasteiger partial charge in [-0.1, -0.05) is 51.4 Å². The molecule has 2 atom stereocenters. The first-order valence-corrected chi connectivity index (χ1v) is 9.23. The summed E-state index contributed by atoms with van der Waals surface area (Å²) in [5, 5.41) is 10.4. The van der Waals surface area contributed by atoms with Crippen LogP contribution in [0, 0.1) is 5.92 Å². The average molecular weight is 298 g/mol. The summed E-state index contributed by atoms with van der Waals surface area (Å²) in [6, 6.07) is 0. The Morgan fingerprint density at radius 2 is 1.33 bits per heavy atom. The Balaban J connectivity index is 1.74. The van der Waals surface area contributed by atoms with E-state index in [9.17, 15) is 5.11 Å². The first-order valence-electron chi connectivity index (χ1n) is 9.23. The summed E-state index contributed by atoms with van der Waals surface area (Å²) in [7, 11) is 0. The highest BCUT2D eigenvalue weighted by Gasteiger charge is 2.22. The van der Waals surface area contributed by atoms with Crippen LogP contribution in [0.4, 0.5) is 0 Å². The third kappa shape index (κ3) is 7.12. The second-order valence-corrected chi connectivity index (χ2v) is 6.90. The van der Waals surface area contributed by atoms with Crippen LogP contribution >= 0.6 is 0 Å². The fraction of sp³-hybridized carbons (Fsp3) is 1.00. The average Bonchev–Trinajstić information content (AvgIpc) is 2.51. The topological polar surface area (TPSA) is 38.7 Å². The van der Waals surface area contributed by atoms with Gasteiger partial charge in [0.1, 0.15) is 0 Å². The highest BCUT2D eigenvalue weighted by Crippen LogP contribution is 2.22. The molecule has 2 unspecified atom stereocenters. The number of rotatable bonds is 3. The van der Waals surface area contributed by atoms with E-state index in [1.807, 2.05) is 0 Å². The lowest BCUT2D eigenvalue weighted by molar-refractivity contribution is -0.0698. The molecule has 1 saturated carbocycles. The molecular weight excluding hydrogens is 264 g/mol. The number of hydrogen-bond donors (Lipinski definition) is 1. The first-order chi connectivity index (χ1) is 10.4. The number of ether oxygens (including phenoxy) is 2. The van der Waals surface area contributed by atoms with Crippen molar-refractivity contribution in [2.24, 2.45) is 5.92 Å². The molecule has 1 aliphatic carbocycles. The Hall–Kier alpha value is -0.120. The normalized spacial score (nSPS) is 31.3. The van der Waals surface area contributed by atoms with Crippen LogP contribution in [-0.4, -0.2) is 37.1 Å². The molecule has 1 N–H and O–H groups in total. The molecule has 0 radical (unpaired) electrons. The van der Waals surface area contributed by atoms with Gasteiger partial charge in [-0.2, -0.15) is 0 Å². The maximum Gasteiger partial charge on any atom is 0.0834 e. The Labute approximate surface area is 130 Å². The summed E-state index contributed by atoms with van der Waals surface area (Å²) in [5.74, 6) is 0.632. The van der Waals surface area contributed by atoms with Crippen molar-refractivity contribution in [3.05, 3.63) is 0 Å². The van der Waals surface area contributed by atoms with Gasteiger partial charge in [0.2, 0.25) is 0 Å². The third-order valence-electron chi connectivity index (χ3n) is 5.05.